The molecule has 0 saturated heterocycles. The average Bonchev–Trinajstić information content (AvgIpc) is 3.00. The summed E-state index contributed by atoms with van der Waals surface area (Å²) in [6, 6.07) is 43.8. The zero-order valence-corrected chi connectivity index (χ0v) is 23.6. The highest BCUT2D eigenvalue weighted by Crippen LogP contribution is 2.35. The molecule has 5 aromatic carbocycles. The fourth-order valence-corrected chi connectivity index (χ4v) is 4.66. The van der Waals surface area contributed by atoms with Gasteiger partial charge < -0.3 is 9.64 Å². The van der Waals surface area contributed by atoms with E-state index in [-0.39, 0.29) is 5.97 Å². The van der Waals surface area contributed by atoms with Crippen LogP contribution in [0.25, 0.3) is 11.6 Å². The number of aryl methyl sites for hydroxylation is 2. The molecule has 0 aliphatic rings. The van der Waals surface area contributed by atoms with Crippen LogP contribution in [0.4, 0.5) is 17.1 Å². The lowest BCUT2D eigenvalue weighted by atomic mass is 9.95. The molecule has 5 aromatic rings. The normalized spacial score (nSPS) is 11.4. The summed E-state index contributed by atoms with van der Waals surface area (Å²) in [4.78, 5) is 14.1. The van der Waals surface area contributed by atoms with Crippen LogP contribution >= 0.6 is 0 Å². The molecule has 0 amide bonds. The summed E-state index contributed by atoms with van der Waals surface area (Å²) in [5.74, 6) is 0.130. The summed E-state index contributed by atoms with van der Waals surface area (Å²) in [5.41, 5.74) is 10.1. The third kappa shape index (κ3) is 6.90. The minimum Gasteiger partial charge on any atom is -0.423 e. The second-order valence-electron chi connectivity index (χ2n) is 9.97. The highest BCUT2D eigenvalue weighted by molar-refractivity contribution is 5.92. The number of rotatable bonds is 8. The van der Waals surface area contributed by atoms with Gasteiger partial charge in [0.25, 0.3) is 0 Å². The second-order valence-corrected chi connectivity index (χ2v) is 9.97. The monoisotopic (exact) mass is 535 g/mol. The molecule has 0 aliphatic carbocycles. The second kappa shape index (κ2) is 12.8. The molecule has 3 nitrogen and oxygen atoms in total. The van der Waals surface area contributed by atoms with Crippen LogP contribution in [0.15, 0.2) is 140 Å². The van der Waals surface area contributed by atoms with Crippen molar-refractivity contribution < 1.29 is 9.53 Å². The Bertz CT molecular complexity index is 1600. The van der Waals surface area contributed by atoms with E-state index in [2.05, 4.69) is 110 Å². The van der Waals surface area contributed by atoms with E-state index in [4.69, 9.17) is 4.74 Å². The van der Waals surface area contributed by atoms with Crippen molar-refractivity contribution in [2.75, 3.05) is 4.90 Å². The van der Waals surface area contributed by atoms with Gasteiger partial charge in [-0.25, -0.2) is 4.79 Å². The summed E-state index contributed by atoms with van der Waals surface area (Å²) >= 11 is 0. The number of anilines is 3. The molecule has 41 heavy (non-hydrogen) atoms. The predicted octanol–water partition coefficient (Wildman–Crippen LogP) is 9.84. The lowest BCUT2D eigenvalue weighted by molar-refractivity contribution is -0.129. The molecule has 0 heterocycles. The van der Waals surface area contributed by atoms with Crippen molar-refractivity contribution in [3.63, 3.8) is 0 Å². The largest absolute Gasteiger partial charge is 0.423 e. The van der Waals surface area contributed by atoms with Gasteiger partial charge in [-0.1, -0.05) is 96.1 Å². The lowest BCUT2D eigenvalue weighted by Gasteiger charge is -2.26. The number of carbonyl (C=O) groups is 1. The van der Waals surface area contributed by atoms with Crippen molar-refractivity contribution in [1.29, 1.82) is 0 Å². The van der Waals surface area contributed by atoms with Crippen molar-refractivity contribution in [1.82, 2.24) is 0 Å². The Hall–Kier alpha value is -5.15. The number of nitrogens with zero attached hydrogens (tertiary/aromatic N) is 1. The number of allylic oxidation sites excluding steroid dienone is 1. The maximum absolute atomic E-state index is 11.9. The molecule has 0 aromatic heterocycles. The topological polar surface area (TPSA) is 29.5 Å². The predicted molar refractivity (Wildman–Crippen MR) is 171 cm³/mol. The molecule has 0 saturated carbocycles. The highest BCUT2D eigenvalue weighted by atomic mass is 16.5. The first-order chi connectivity index (χ1) is 20.0. The Balaban J connectivity index is 1.50. The Morgan fingerprint density at radius 2 is 1.10 bits per heavy atom. The first kappa shape index (κ1) is 27.4. The first-order valence-electron chi connectivity index (χ1n) is 13.8. The van der Waals surface area contributed by atoms with Gasteiger partial charge in [-0.2, -0.15) is 0 Å². The standard InChI is InChI=1S/C38H33NO2/c1-4-8-38(40)41-36-25-17-32(18-26-36)37(31-9-6-5-7-10-31)27-30-15-23-35(24-16-30)39(33-19-11-28(2)12-20-33)34-21-13-29(3)14-22-34/h4-27H,1-3H3/b8-4+,37-27?. The van der Waals surface area contributed by atoms with Gasteiger partial charge in [0.05, 0.1) is 0 Å². The van der Waals surface area contributed by atoms with E-state index < -0.39 is 0 Å². The van der Waals surface area contributed by atoms with Crippen molar-refractivity contribution in [2.45, 2.75) is 20.8 Å². The van der Waals surface area contributed by atoms with Crippen LogP contribution in [-0.2, 0) is 4.79 Å². The van der Waals surface area contributed by atoms with E-state index >= 15 is 0 Å². The summed E-state index contributed by atoms with van der Waals surface area (Å²) in [6.45, 7) is 6.00. The summed E-state index contributed by atoms with van der Waals surface area (Å²) in [5, 5.41) is 0. The third-order valence-corrected chi connectivity index (χ3v) is 6.82. The molecule has 0 atom stereocenters. The number of hydrogen-bond donors (Lipinski definition) is 0. The minimum atomic E-state index is -0.385. The van der Waals surface area contributed by atoms with E-state index in [9.17, 15) is 4.79 Å². The molecule has 0 aliphatic heterocycles. The van der Waals surface area contributed by atoms with Gasteiger partial charge in [0, 0.05) is 23.1 Å². The molecule has 202 valence electrons. The van der Waals surface area contributed by atoms with Gasteiger partial charge in [0.15, 0.2) is 0 Å². The van der Waals surface area contributed by atoms with E-state index in [1.807, 2.05) is 42.5 Å². The van der Waals surface area contributed by atoms with Gasteiger partial charge >= 0.3 is 5.97 Å². The van der Waals surface area contributed by atoms with E-state index in [1.165, 1.54) is 17.2 Å². The van der Waals surface area contributed by atoms with E-state index in [1.54, 1.807) is 13.0 Å². The van der Waals surface area contributed by atoms with Gasteiger partial charge in [0.1, 0.15) is 5.75 Å². The smallest absolute Gasteiger partial charge is 0.335 e. The van der Waals surface area contributed by atoms with Crippen LogP contribution in [-0.4, -0.2) is 5.97 Å². The van der Waals surface area contributed by atoms with Gasteiger partial charge in [0.2, 0.25) is 0 Å². The molecule has 0 radical (unpaired) electrons. The zero-order valence-electron chi connectivity index (χ0n) is 23.6. The van der Waals surface area contributed by atoms with Crippen LogP contribution in [0.5, 0.6) is 5.75 Å². The van der Waals surface area contributed by atoms with Crippen molar-refractivity contribution in [3.8, 4) is 5.75 Å². The maximum Gasteiger partial charge on any atom is 0.335 e. The molecule has 0 fully saturated rings. The lowest BCUT2D eigenvalue weighted by Crippen LogP contribution is -2.09. The number of carbonyl (C=O) groups excluding carboxylic acids is 1. The molecule has 3 heteroatoms. The molecule has 0 N–H and O–H groups in total. The van der Waals surface area contributed by atoms with Gasteiger partial charge in [-0.3, -0.25) is 0 Å². The zero-order chi connectivity index (χ0) is 28.6. The number of benzene rings is 5. The molecule has 0 unspecified atom stereocenters. The molecule has 5 rings (SSSR count). The Labute approximate surface area is 242 Å². The van der Waals surface area contributed by atoms with Crippen molar-refractivity contribution in [2.24, 2.45) is 0 Å². The summed E-state index contributed by atoms with van der Waals surface area (Å²) < 4.78 is 5.39. The molecule has 0 bridgehead atoms. The van der Waals surface area contributed by atoms with Crippen LogP contribution in [0.1, 0.15) is 34.7 Å². The maximum atomic E-state index is 11.9. The van der Waals surface area contributed by atoms with Crippen LogP contribution in [0.3, 0.4) is 0 Å². The number of ether oxygens (including phenoxy) is 1. The van der Waals surface area contributed by atoms with Crippen molar-refractivity contribution in [3.05, 3.63) is 167 Å². The minimum absolute atomic E-state index is 0.385. The number of hydrogen-bond acceptors (Lipinski definition) is 3. The molecular formula is C38H33NO2. The fraction of sp³-hybridized carbons (Fsp3) is 0.0789. The quantitative estimate of drug-likeness (QED) is 0.0857. The average molecular weight is 536 g/mol. The third-order valence-electron chi connectivity index (χ3n) is 6.82. The van der Waals surface area contributed by atoms with Gasteiger partial charge in [-0.15, -0.1) is 0 Å². The van der Waals surface area contributed by atoms with Crippen LogP contribution < -0.4 is 9.64 Å². The summed E-state index contributed by atoms with van der Waals surface area (Å²) in [6.07, 6.45) is 5.27. The Kier molecular flexibility index (Phi) is 8.56. The van der Waals surface area contributed by atoms with Gasteiger partial charge in [-0.05, 0) is 97.6 Å². The Morgan fingerprint density at radius 1 is 0.610 bits per heavy atom. The highest BCUT2D eigenvalue weighted by Gasteiger charge is 2.13. The Morgan fingerprint density at radius 3 is 1.61 bits per heavy atom. The molecular weight excluding hydrogens is 502 g/mol. The molecule has 0 spiro atoms. The SMILES string of the molecule is C/C=C/C(=O)Oc1ccc(C(=Cc2ccc(N(c3ccc(C)cc3)c3ccc(C)cc3)cc2)c2ccccc2)cc1. The van der Waals surface area contributed by atoms with E-state index in [0.29, 0.717) is 5.75 Å². The first-order valence-corrected chi connectivity index (χ1v) is 13.8. The number of esters is 1. The van der Waals surface area contributed by atoms with Crippen LogP contribution in [0.2, 0.25) is 0 Å². The van der Waals surface area contributed by atoms with Crippen molar-refractivity contribution >= 4 is 34.7 Å². The fourth-order valence-electron chi connectivity index (χ4n) is 4.66. The van der Waals surface area contributed by atoms with E-state index in [0.717, 1.165) is 39.3 Å². The summed E-state index contributed by atoms with van der Waals surface area (Å²) in [7, 11) is 0. The van der Waals surface area contributed by atoms with Crippen LogP contribution in [0, 0.1) is 13.8 Å².